The summed E-state index contributed by atoms with van der Waals surface area (Å²) in [7, 11) is 0. The number of carbonyl (C=O) groups excluding carboxylic acids is 4. The van der Waals surface area contributed by atoms with Crippen LogP contribution < -0.4 is 0 Å². The minimum atomic E-state index is -0.446. The molecule has 2 aliphatic heterocycles. The van der Waals surface area contributed by atoms with Crippen LogP contribution in [-0.4, -0.2) is 69.9 Å². The highest BCUT2D eigenvalue weighted by molar-refractivity contribution is 6.09. The maximum absolute atomic E-state index is 13.0. The Morgan fingerprint density at radius 3 is 1.36 bits per heavy atom. The topological polar surface area (TPSA) is 115 Å². The first-order valence-corrected chi connectivity index (χ1v) is 10.1. The number of hydrogen-bond donors (Lipinski definition) is 2. The quantitative estimate of drug-likeness (QED) is 0.446. The molecule has 8 nitrogen and oxygen atoms in total. The zero-order valence-electron chi connectivity index (χ0n) is 15.4. The molecule has 6 aliphatic rings. The van der Waals surface area contributed by atoms with Gasteiger partial charge in [0.2, 0.25) is 23.6 Å². The van der Waals surface area contributed by atoms with Gasteiger partial charge in [0.25, 0.3) is 0 Å². The van der Waals surface area contributed by atoms with Gasteiger partial charge in [-0.2, -0.15) is 0 Å². The molecule has 8 heteroatoms. The highest BCUT2D eigenvalue weighted by atomic mass is 16.3. The van der Waals surface area contributed by atoms with Crippen molar-refractivity contribution >= 4 is 23.6 Å². The van der Waals surface area contributed by atoms with Gasteiger partial charge in [-0.15, -0.1) is 0 Å². The normalized spacial score (nSPS) is 42.8. The van der Waals surface area contributed by atoms with Gasteiger partial charge in [-0.1, -0.05) is 12.2 Å². The van der Waals surface area contributed by atoms with E-state index in [2.05, 4.69) is 0 Å². The van der Waals surface area contributed by atoms with Crippen molar-refractivity contribution in [3.63, 3.8) is 0 Å². The van der Waals surface area contributed by atoms with E-state index in [9.17, 15) is 19.2 Å². The molecule has 4 amide bonds. The zero-order chi connectivity index (χ0) is 19.7. The largest absolute Gasteiger partial charge is 0.396 e. The number of fused-ring (bicyclic) bond motifs is 1. The van der Waals surface area contributed by atoms with Crippen molar-refractivity contribution in [2.24, 2.45) is 47.3 Å². The second kappa shape index (κ2) is 6.22. The SMILES string of the molecule is O=C1[C@@H]2[C@@H]3C=C[C@@H](C4[C@H]3[C@H]3C(=O)N(CCCO)C(=O)[C@H]43)[C@H]2C(=O)N1CCCO. The first-order chi connectivity index (χ1) is 13.5. The fraction of sp³-hybridized carbons (Fsp3) is 0.700. The van der Waals surface area contributed by atoms with Crippen molar-refractivity contribution < 1.29 is 29.4 Å². The van der Waals surface area contributed by atoms with Crippen LogP contribution in [0.25, 0.3) is 0 Å². The molecular weight excluding hydrogens is 364 g/mol. The lowest BCUT2D eigenvalue weighted by Gasteiger charge is -2.60. The number of aliphatic hydroxyl groups excluding tert-OH is 2. The molecule has 0 spiro atoms. The Kier molecular flexibility index (Phi) is 4.00. The second-order valence-corrected chi connectivity index (χ2v) is 8.61. The monoisotopic (exact) mass is 388 g/mol. The number of amides is 4. The van der Waals surface area contributed by atoms with Gasteiger partial charge in [-0.25, -0.2) is 0 Å². The maximum atomic E-state index is 13.0. The Morgan fingerprint density at radius 2 is 1.00 bits per heavy atom. The molecule has 0 radical (unpaired) electrons. The van der Waals surface area contributed by atoms with Crippen molar-refractivity contribution in [1.82, 2.24) is 9.80 Å². The fourth-order valence-electron chi connectivity index (χ4n) is 6.62. The number of carbonyl (C=O) groups is 4. The van der Waals surface area contributed by atoms with Crippen LogP contribution in [0.5, 0.6) is 0 Å². The molecule has 8 atom stereocenters. The summed E-state index contributed by atoms with van der Waals surface area (Å²) < 4.78 is 0. The van der Waals surface area contributed by atoms with Crippen LogP contribution >= 0.6 is 0 Å². The molecule has 2 heterocycles. The van der Waals surface area contributed by atoms with Crippen molar-refractivity contribution in [3.8, 4) is 0 Å². The number of rotatable bonds is 6. The van der Waals surface area contributed by atoms with Crippen LogP contribution in [0.3, 0.4) is 0 Å². The smallest absolute Gasteiger partial charge is 0.233 e. The van der Waals surface area contributed by atoms with Crippen LogP contribution in [0.4, 0.5) is 0 Å². The molecule has 150 valence electrons. The standard InChI is InChI=1S/C20H24N2O6/c23-7-1-5-21-17(25)13-9-3-4-10(14(13)18(21)26)12-11(9)15-16(12)20(28)22(19(15)27)6-2-8-24/h3-4,9-16,23-24H,1-2,5-8H2/t9-,10+,11+,12?,13-,14-,15-,16-/m1/s1. The molecule has 4 fully saturated rings. The summed E-state index contributed by atoms with van der Waals surface area (Å²) in [5.41, 5.74) is 0. The van der Waals surface area contributed by atoms with Crippen molar-refractivity contribution in [2.75, 3.05) is 26.3 Å². The molecule has 4 aliphatic carbocycles. The summed E-state index contributed by atoms with van der Waals surface area (Å²) in [6.45, 7) is 0.279. The van der Waals surface area contributed by atoms with Gasteiger partial charge in [0.15, 0.2) is 0 Å². The Hall–Kier alpha value is -2.06. The Morgan fingerprint density at radius 1 is 0.643 bits per heavy atom. The summed E-state index contributed by atoms with van der Waals surface area (Å²) in [6.07, 6.45) is 4.68. The molecule has 2 bridgehead atoms. The van der Waals surface area contributed by atoms with Gasteiger partial charge < -0.3 is 10.2 Å². The predicted molar refractivity (Wildman–Crippen MR) is 93.9 cm³/mol. The van der Waals surface area contributed by atoms with E-state index >= 15 is 0 Å². The van der Waals surface area contributed by atoms with Crippen LogP contribution in [0, 0.1) is 47.3 Å². The summed E-state index contributed by atoms with van der Waals surface area (Å²) in [5, 5.41) is 18.1. The Labute approximate surface area is 162 Å². The Bertz CT molecular complexity index is 738. The van der Waals surface area contributed by atoms with E-state index in [1.807, 2.05) is 12.2 Å². The number of hydrogen-bond acceptors (Lipinski definition) is 6. The highest BCUT2D eigenvalue weighted by Crippen LogP contribution is 2.68. The van der Waals surface area contributed by atoms with Crippen LogP contribution in [0.2, 0.25) is 0 Å². The number of allylic oxidation sites excluding steroid dienone is 2. The van der Waals surface area contributed by atoms with E-state index < -0.39 is 23.7 Å². The van der Waals surface area contributed by atoms with Gasteiger partial charge in [-0.3, -0.25) is 29.0 Å². The van der Waals surface area contributed by atoms with Crippen molar-refractivity contribution in [3.05, 3.63) is 12.2 Å². The highest BCUT2D eigenvalue weighted by Gasteiger charge is 2.74. The fourth-order valence-corrected chi connectivity index (χ4v) is 6.62. The third kappa shape index (κ3) is 2.02. The number of nitrogens with zero attached hydrogens (tertiary/aromatic N) is 2. The lowest BCUT2D eigenvalue weighted by Crippen LogP contribution is -2.63. The lowest BCUT2D eigenvalue weighted by molar-refractivity contribution is -0.166. The van der Waals surface area contributed by atoms with E-state index in [1.54, 1.807) is 0 Å². The van der Waals surface area contributed by atoms with Gasteiger partial charge >= 0.3 is 0 Å². The van der Waals surface area contributed by atoms with Gasteiger partial charge in [0.1, 0.15) is 0 Å². The van der Waals surface area contributed by atoms with E-state index in [-0.39, 0.29) is 73.6 Å². The molecule has 2 saturated carbocycles. The summed E-state index contributed by atoms with van der Waals surface area (Å²) in [4.78, 5) is 54.2. The van der Waals surface area contributed by atoms with Crippen LogP contribution in [-0.2, 0) is 19.2 Å². The summed E-state index contributed by atoms with van der Waals surface area (Å²) in [5.74, 6) is -2.96. The molecule has 6 rings (SSSR count). The predicted octanol–water partition coefficient (Wildman–Crippen LogP) is -0.985. The Balaban J connectivity index is 1.45. The average Bonchev–Trinajstić information content (AvgIpc) is 3.03. The van der Waals surface area contributed by atoms with Gasteiger partial charge in [-0.05, 0) is 36.5 Å². The first kappa shape index (κ1) is 18.0. The third-order valence-corrected chi connectivity index (χ3v) is 7.61. The summed E-state index contributed by atoms with van der Waals surface area (Å²) >= 11 is 0. The first-order valence-electron chi connectivity index (χ1n) is 10.1. The molecule has 2 N–H and O–H groups in total. The van der Waals surface area contributed by atoms with Crippen molar-refractivity contribution in [2.45, 2.75) is 12.8 Å². The maximum Gasteiger partial charge on any atom is 0.233 e. The number of imide groups is 2. The van der Waals surface area contributed by atoms with Crippen LogP contribution in [0.1, 0.15) is 12.8 Å². The molecular formula is C20H24N2O6. The minimum Gasteiger partial charge on any atom is -0.396 e. The molecule has 1 unspecified atom stereocenters. The number of likely N-dealkylation sites (tertiary alicyclic amines) is 2. The lowest BCUT2D eigenvalue weighted by atomic mass is 9.40. The van der Waals surface area contributed by atoms with Gasteiger partial charge in [0, 0.05) is 26.3 Å². The minimum absolute atomic E-state index is 0.0635. The number of aliphatic hydroxyl groups is 2. The molecule has 0 aromatic carbocycles. The zero-order valence-corrected chi connectivity index (χ0v) is 15.4. The second-order valence-electron chi connectivity index (χ2n) is 8.61. The van der Waals surface area contributed by atoms with E-state index in [4.69, 9.17) is 10.2 Å². The van der Waals surface area contributed by atoms with E-state index in [0.717, 1.165) is 0 Å². The summed E-state index contributed by atoms with van der Waals surface area (Å²) in [6, 6.07) is 0. The van der Waals surface area contributed by atoms with E-state index in [1.165, 1.54) is 9.80 Å². The molecule has 2 saturated heterocycles. The van der Waals surface area contributed by atoms with Gasteiger partial charge in [0.05, 0.1) is 23.7 Å². The van der Waals surface area contributed by atoms with E-state index in [0.29, 0.717) is 12.8 Å². The molecule has 0 aromatic heterocycles. The molecule has 0 aromatic rings. The van der Waals surface area contributed by atoms with Crippen molar-refractivity contribution in [1.29, 1.82) is 0 Å². The molecule has 28 heavy (non-hydrogen) atoms. The third-order valence-electron chi connectivity index (χ3n) is 7.61. The average molecular weight is 388 g/mol. The van der Waals surface area contributed by atoms with Crippen LogP contribution in [0.15, 0.2) is 12.2 Å².